The van der Waals surface area contributed by atoms with Crippen LogP contribution in [0.5, 0.6) is 0 Å². The van der Waals surface area contributed by atoms with Gasteiger partial charge in [0.1, 0.15) is 0 Å². The van der Waals surface area contributed by atoms with Crippen LogP contribution < -0.4 is 4.72 Å². The van der Waals surface area contributed by atoms with Crippen LogP contribution in [0.2, 0.25) is 0 Å². The average Bonchev–Trinajstić information content (AvgIpc) is 2.95. The second-order valence-corrected chi connectivity index (χ2v) is 7.51. The van der Waals surface area contributed by atoms with Crippen molar-refractivity contribution in [3.8, 4) is 0 Å². The summed E-state index contributed by atoms with van der Waals surface area (Å²) in [5.41, 5.74) is 0.989. The molecule has 0 aliphatic heterocycles. The van der Waals surface area contributed by atoms with Crippen LogP contribution in [0.25, 0.3) is 0 Å². The Hall–Kier alpha value is -1.35. The van der Waals surface area contributed by atoms with Crippen LogP contribution in [0.1, 0.15) is 11.6 Å². The van der Waals surface area contributed by atoms with Crippen LogP contribution in [0.4, 0.5) is 8.78 Å². The van der Waals surface area contributed by atoms with Gasteiger partial charge in [0, 0.05) is 12.6 Å². The number of likely N-dealkylation sites (N-methyl/N-ethyl adjacent to an activating group) is 1. The molecule has 1 atom stereocenters. The predicted molar refractivity (Wildman–Crippen MR) is 82.3 cm³/mol. The molecule has 1 N–H and O–H groups in total. The third-order valence-electron chi connectivity index (χ3n) is 3.22. The number of halogens is 2. The van der Waals surface area contributed by atoms with E-state index in [1.807, 2.05) is 35.8 Å². The molecule has 0 fully saturated rings. The Balaban J connectivity index is 2.16. The summed E-state index contributed by atoms with van der Waals surface area (Å²) in [7, 11) is -0.216. The minimum atomic E-state index is -3.90. The van der Waals surface area contributed by atoms with Crippen molar-refractivity contribution in [2.45, 2.75) is 10.9 Å². The second-order valence-electron chi connectivity index (χ2n) is 4.96. The van der Waals surface area contributed by atoms with Gasteiger partial charge >= 0.3 is 0 Å². The molecule has 1 heterocycles. The van der Waals surface area contributed by atoms with Crippen molar-refractivity contribution in [3.63, 3.8) is 0 Å². The van der Waals surface area contributed by atoms with E-state index in [2.05, 4.69) is 4.72 Å². The highest BCUT2D eigenvalue weighted by Gasteiger charge is 2.21. The topological polar surface area (TPSA) is 49.4 Å². The Kier molecular flexibility index (Phi) is 5.28. The van der Waals surface area contributed by atoms with Crippen molar-refractivity contribution in [3.05, 3.63) is 52.2 Å². The first-order chi connectivity index (χ1) is 10.3. The third kappa shape index (κ3) is 3.89. The van der Waals surface area contributed by atoms with Crippen LogP contribution in [0.3, 0.4) is 0 Å². The molecule has 4 nitrogen and oxygen atoms in total. The summed E-state index contributed by atoms with van der Waals surface area (Å²) in [6, 6.07) is 4.28. The Morgan fingerprint density at radius 3 is 2.50 bits per heavy atom. The molecule has 0 aliphatic rings. The quantitative estimate of drug-likeness (QED) is 0.875. The van der Waals surface area contributed by atoms with Crippen molar-refractivity contribution in [1.29, 1.82) is 0 Å². The Labute approximate surface area is 132 Å². The van der Waals surface area contributed by atoms with Gasteiger partial charge in [-0.2, -0.15) is 11.3 Å². The number of benzene rings is 1. The first kappa shape index (κ1) is 17.0. The highest BCUT2D eigenvalue weighted by Crippen LogP contribution is 2.21. The number of hydrogen-bond donors (Lipinski definition) is 1. The van der Waals surface area contributed by atoms with Gasteiger partial charge in [0.2, 0.25) is 10.0 Å². The lowest BCUT2D eigenvalue weighted by atomic mass is 10.1. The molecule has 1 aromatic carbocycles. The fraction of sp³-hybridized carbons (Fsp3) is 0.286. The Morgan fingerprint density at radius 2 is 1.95 bits per heavy atom. The summed E-state index contributed by atoms with van der Waals surface area (Å²) < 4.78 is 52.9. The smallest absolute Gasteiger partial charge is 0.240 e. The number of rotatable bonds is 6. The lowest BCUT2D eigenvalue weighted by Gasteiger charge is -2.24. The van der Waals surface area contributed by atoms with Crippen LogP contribution in [-0.4, -0.2) is 34.0 Å². The molecule has 2 aromatic rings. The molecule has 1 aromatic heterocycles. The van der Waals surface area contributed by atoms with Gasteiger partial charge in [0.05, 0.1) is 4.90 Å². The van der Waals surface area contributed by atoms with Gasteiger partial charge < -0.3 is 4.90 Å². The summed E-state index contributed by atoms with van der Waals surface area (Å²) in [6.07, 6.45) is 0. The molecule has 0 aliphatic carbocycles. The summed E-state index contributed by atoms with van der Waals surface area (Å²) in [5, 5.41) is 3.85. The fourth-order valence-corrected chi connectivity index (χ4v) is 3.74. The van der Waals surface area contributed by atoms with E-state index in [0.29, 0.717) is 6.07 Å². The normalized spacial score (nSPS) is 13.5. The molecule has 1 unspecified atom stereocenters. The molecule has 120 valence electrons. The van der Waals surface area contributed by atoms with E-state index >= 15 is 0 Å². The van der Waals surface area contributed by atoms with E-state index in [1.165, 1.54) is 11.3 Å². The third-order valence-corrected chi connectivity index (χ3v) is 5.34. The summed E-state index contributed by atoms with van der Waals surface area (Å²) in [5.74, 6) is -2.27. The first-order valence-corrected chi connectivity index (χ1v) is 8.87. The molecule has 0 radical (unpaired) electrons. The van der Waals surface area contributed by atoms with Crippen LogP contribution in [-0.2, 0) is 10.0 Å². The minimum absolute atomic E-state index is 0.130. The van der Waals surface area contributed by atoms with Crippen molar-refractivity contribution < 1.29 is 17.2 Å². The highest BCUT2D eigenvalue weighted by atomic mass is 32.2. The minimum Gasteiger partial charge on any atom is -0.301 e. The zero-order valence-electron chi connectivity index (χ0n) is 12.1. The molecular weight excluding hydrogens is 330 g/mol. The van der Waals surface area contributed by atoms with E-state index in [9.17, 15) is 17.2 Å². The molecule has 0 saturated heterocycles. The van der Waals surface area contributed by atoms with E-state index in [1.54, 1.807) is 0 Å². The van der Waals surface area contributed by atoms with Crippen molar-refractivity contribution in [2.24, 2.45) is 0 Å². The SMILES string of the molecule is CN(C)C(CNS(=O)(=O)c1ccc(F)c(F)c1)c1ccsc1. The highest BCUT2D eigenvalue weighted by molar-refractivity contribution is 7.89. The Bertz CT molecular complexity index is 731. The molecule has 8 heteroatoms. The fourth-order valence-electron chi connectivity index (χ4n) is 1.98. The molecule has 0 amide bonds. The summed E-state index contributed by atoms with van der Waals surface area (Å²) in [6.45, 7) is 0.130. The molecule has 0 saturated carbocycles. The molecule has 0 bridgehead atoms. The maximum Gasteiger partial charge on any atom is 0.240 e. The largest absolute Gasteiger partial charge is 0.301 e. The lowest BCUT2D eigenvalue weighted by molar-refractivity contribution is 0.300. The second kappa shape index (κ2) is 6.82. The average molecular weight is 346 g/mol. The van der Waals surface area contributed by atoms with E-state index in [0.717, 1.165) is 17.7 Å². The van der Waals surface area contributed by atoms with Gasteiger partial charge in [0.15, 0.2) is 11.6 Å². The van der Waals surface area contributed by atoms with Crippen LogP contribution >= 0.6 is 11.3 Å². The van der Waals surface area contributed by atoms with Gasteiger partial charge in [-0.15, -0.1) is 0 Å². The Morgan fingerprint density at radius 1 is 1.23 bits per heavy atom. The van der Waals surface area contributed by atoms with E-state index in [-0.39, 0.29) is 17.5 Å². The molecule has 0 spiro atoms. The van der Waals surface area contributed by atoms with Crippen molar-refractivity contribution >= 4 is 21.4 Å². The number of nitrogens with zero attached hydrogens (tertiary/aromatic N) is 1. The van der Waals surface area contributed by atoms with Crippen LogP contribution in [0.15, 0.2) is 39.9 Å². The van der Waals surface area contributed by atoms with Gasteiger partial charge in [-0.3, -0.25) is 0 Å². The predicted octanol–water partition coefficient (Wildman–Crippen LogP) is 2.61. The zero-order valence-corrected chi connectivity index (χ0v) is 13.7. The summed E-state index contributed by atoms with van der Waals surface area (Å²) in [4.78, 5) is 1.59. The van der Waals surface area contributed by atoms with Gasteiger partial charge in [-0.05, 0) is 54.7 Å². The van der Waals surface area contributed by atoms with E-state index < -0.39 is 21.7 Å². The van der Waals surface area contributed by atoms with Crippen LogP contribution in [0, 0.1) is 11.6 Å². The maximum atomic E-state index is 13.2. The lowest BCUT2D eigenvalue weighted by Crippen LogP contribution is -2.34. The number of hydrogen-bond acceptors (Lipinski definition) is 4. The molecular formula is C14H16F2N2O2S2. The molecule has 22 heavy (non-hydrogen) atoms. The van der Waals surface area contributed by atoms with E-state index in [4.69, 9.17) is 0 Å². The van der Waals surface area contributed by atoms with Crippen molar-refractivity contribution in [2.75, 3.05) is 20.6 Å². The number of nitrogens with one attached hydrogen (secondary N) is 1. The van der Waals surface area contributed by atoms with Gasteiger partial charge in [-0.25, -0.2) is 21.9 Å². The van der Waals surface area contributed by atoms with Gasteiger partial charge in [0.25, 0.3) is 0 Å². The number of sulfonamides is 1. The van der Waals surface area contributed by atoms with Gasteiger partial charge in [-0.1, -0.05) is 0 Å². The standard InChI is InChI=1S/C14H16F2N2O2S2/c1-18(2)14(10-5-6-21-9-10)8-17-22(19,20)11-3-4-12(15)13(16)7-11/h3-7,9,14,17H,8H2,1-2H3. The first-order valence-electron chi connectivity index (χ1n) is 6.44. The summed E-state index contributed by atoms with van der Waals surface area (Å²) >= 11 is 1.52. The molecule has 2 rings (SSSR count). The van der Waals surface area contributed by atoms with Crippen molar-refractivity contribution in [1.82, 2.24) is 9.62 Å². The monoisotopic (exact) mass is 346 g/mol. The maximum absolute atomic E-state index is 13.2. The number of thiophene rings is 1. The zero-order chi connectivity index (χ0) is 16.3.